The Morgan fingerprint density at radius 3 is 2.61 bits per heavy atom. The van der Waals surface area contributed by atoms with E-state index in [4.69, 9.17) is 0 Å². The number of H-pyrrole nitrogens is 1. The molecular weight excluding hydrogens is 224 g/mol. The lowest BCUT2D eigenvalue weighted by molar-refractivity contribution is 0.112. The Morgan fingerprint density at radius 2 is 1.89 bits per heavy atom. The third-order valence-corrected chi connectivity index (χ3v) is 3.07. The number of nitrogens with zero attached hydrogens (tertiary/aromatic N) is 1. The summed E-state index contributed by atoms with van der Waals surface area (Å²) in [6.07, 6.45) is 0.871. The van der Waals surface area contributed by atoms with Crippen LogP contribution in [0.4, 0.5) is 0 Å². The number of hydrogen-bond acceptors (Lipinski definition) is 2. The molecule has 0 unspecified atom stereocenters. The molecule has 0 saturated carbocycles. The maximum atomic E-state index is 11.1. The second kappa shape index (κ2) is 4.11. The van der Waals surface area contributed by atoms with E-state index in [0.717, 1.165) is 28.4 Å². The quantitative estimate of drug-likeness (QED) is 0.693. The number of carbonyl (C=O) groups excluding carboxylic acids is 1. The van der Waals surface area contributed by atoms with Gasteiger partial charge in [-0.2, -0.15) is 5.10 Å². The van der Waals surface area contributed by atoms with Gasteiger partial charge in [0, 0.05) is 16.5 Å². The lowest BCUT2D eigenvalue weighted by Crippen LogP contribution is -1.84. The van der Waals surface area contributed by atoms with E-state index in [0.29, 0.717) is 5.56 Å². The van der Waals surface area contributed by atoms with Crippen molar-refractivity contribution in [1.82, 2.24) is 10.2 Å². The minimum atomic E-state index is 0.664. The van der Waals surface area contributed by atoms with Crippen LogP contribution < -0.4 is 0 Å². The Labute approximate surface area is 104 Å². The predicted octanol–water partition coefficient (Wildman–Crippen LogP) is 3.35. The second-order valence-corrected chi connectivity index (χ2v) is 4.33. The van der Waals surface area contributed by atoms with Crippen LogP contribution in [0.2, 0.25) is 0 Å². The molecule has 18 heavy (non-hydrogen) atoms. The van der Waals surface area contributed by atoms with Crippen molar-refractivity contribution < 1.29 is 4.79 Å². The molecule has 0 aliphatic carbocycles. The van der Waals surface area contributed by atoms with Crippen LogP contribution in [0.25, 0.3) is 22.2 Å². The molecular formula is C15H12N2O. The molecule has 3 nitrogen and oxygen atoms in total. The van der Waals surface area contributed by atoms with Crippen molar-refractivity contribution in [3.05, 3.63) is 53.6 Å². The molecule has 0 radical (unpaired) electrons. The van der Waals surface area contributed by atoms with Crippen LogP contribution in [0.1, 0.15) is 15.9 Å². The zero-order valence-electron chi connectivity index (χ0n) is 9.97. The lowest BCUT2D eigenvalue weighted by Gasteiger charge is -2.00. The summed E-state index contributed by atoms with van der Waals surface area (Å²) in [7, 11) is 0. The minimum absolute atomic E-state index is 0.664. The summed E-state index contributed by atoms with van der Waals surface area (Å²) in [5.74, 6) is 0. The third-order valence-electron chi connectivity index (χ3n) is 3.07. The highest BCUT2D eigenvalue weighted by molar-refractivity contribution is 6.04. The van der Waals surface area contributed by atoms with E-state index < -0.39 is 0 Å². The van der Waals surface area contributed by atoms with Crippen LogP contribution in [-0.2, 0) is 0 Å². The fraction of sp³-hybridized carbons (Fsp3) is 0.0667. The molecule has 0 spiro atoms. The highest BCUT2D eigenvalue weighted by atomic mass is 16.1. The van der Waals surface area contributed by atoms with Gasteiger partial charge in [-0.15, -0.1) is 0 Å². The van der Waals surface area contributed by atoms with Gasteiger partial charge < -0.3 is 0 Å². The molecule has 2 aromatic carbocycles. The second-order valence-electron chi connectivity index (χ2n) is 4.33. The number of fused-ring (bicyclic) bond motifs is 1. The molecule has 0 atom stereocenters. The summed E-state index contributed by atoms with van der Waals surface area (Å²) in [5, 5.41) is 8.17. The highest BCUT2D eigenvalue weighted by Gasteiger charge is 2.11. The Bertz CT molecular complexity index is 711. The van der Waals surface area contributed by atoms with Crippen molar-refractivity contribution in [3.8, 4) is 11.3 Å². The number of aromatic amines is 1. The summed E-state index contributed by atoms with van der Waals surface area (Å²) >= 11 is 0. The zero-order chi connectivity index (χ0) is 12.5. The number of aldehydes is 1. The highest BCUT2D eigenvalue weighted by Crippen LogP contribution is 2.28. The van der Waals surface area contributed by atoms with Gasteiger partial charge in [-0.05, 0) is 13.0 Å². The SMILES string of the molecule is Cc1ccc(-c2n[nH]c3cccc(C=O)c23)cc1. The summed E-state index contributed by atoms with van der Waals surface area (Å²) in [4.78, 5) is 11.1. The van der Waals surface area contributed by atoms with Gasteiger partial charge in [0.1, 0.15) is 5.69 Å². The van der Waals surface area contributed by atoms with Gasteiger partial charge in [0.25, 0.3) is 0 Å². The Balaban J connectivity index is 2.29. The van der Waals surface area contributed by atoms with Gasteiger partial charge in [0.05, 0.1) is 5.52 Å². The first-order valence-electron chi connectivity index (χ1n) is 5.79. The molecule has 0 aliphatic rings. The fourth-order valence-electron chi connectivity index (χ4n) is 2.12. The topological polar surface area (TPSA) is 45.8 Å². The van der Waals surface area contributed by atoms with E-state index in [9.17, 15) is 4.79 Å². The smallest absolute Gasteiger partial charge is 0.150 e. The Kier molecular flexibility index (Phi) is 2.45. The number of rotatable bonds is 2. The first-order valence-corrected chi connectivity index (χ1v) is 5.79. The molecule has 1 aromatic heterocycles. The molecule has 3 rings (SSSR count). The zero-order valence-corrected chi connectivity index (χ0v) is 9.97. The van der Waals surface area contributed by atoms with Crippen LogP contribution in [0, 0.1) is 6.92 Å². The van der Waals surface area contributed by atoms with Crippen molar-refractivity contribution in [3.63, 3.8) is 0 Å². The van der Waals surface area contributed by atoms with Crippen LogP contribution in [-0.4, -0.2) is 16.5 Å². The first kappa shape index (κ1) is 10.7. The number of aryl methyl sites for hydroxylation is 1. The van der Waals surface area contributed by atoms with Crippen LogP contribution in [0.5, 0.6) is 0 Å². The van der Waals surface area contributed by atoms with Gasteiger partial charge in [0.15, 0.2) is 6.29 Å². The van der Waals surface area contributed by atoms with E-state index in [1.165, 1.54) is 5.56 Å². The molecule has 0 aliphatic heterocycles. The number of aromatic nitrogens is 2. The molecule has 0 saturated heterocycles. The van der Waals surface area contributed by atoms with Crippen LogP contribution in [0.3, 0.4) is 0 Å². The van der Waals surface area contributed by atoms with Gasteiger partial charge >= 0.3 is 0 Å². The van der Waals surface area contributed by atoms with E-state index in [2.05, 4.69) is 10.2 Å². The van der Waals surface area contributed by atoms with Crippen molar-refractivity contribution in [2.45, 2.75) is 6.92 Å². The molecule has 3 aromatic rings. The standard InChI is InChI=1S/C15H12N2O/c1-10-5-7-11(8-6-10)15-14-12(9-18)3-2-4-13(14)16-17-15/h2-9H,1H3,(H,16,17). The van der Waals surface area contributed by atoms with Crippen molar-refractivity contribution in [2.75, 3.05) is 0 Å². The molecule has 0 amide bonds. The fourth-order valence-corrected chi connectivity index (χ4v) is 2.12. The largest absolute Gasteiger partial charge is 0.298 e. The van der Waals surface area contributed by atoms with Crippen molar-refractivity contribution >= 4 is 17.2 Å². The minimum Gasteiger partial charge on any atom is -0.298 e. The molecule has 1 heterocycles. The van der Waals surface area contributed by atoms with E-state index in [1.807, 2.05) is 49.4 Å². The molecule has 3 heteroatoms. The summed E-state index contributed by atoms with van der Waals surface area (Å²) in [5.41, 5.74) is 4.59. The molecule has 0 bridgehead atoms. The monoisotopic (exact) mass is 236 g/mol. The molecule has 1 N–H and O–H groups in total. The van der Waals surface area contributed by atoms with Crippen LogP contribution in [0.15, 0.2) is 42.5 Å². The Morgan fingerprint density at radius 1 is 1.11 bits per heavy atom. The lowest BCUT2D eigenvalue weighted by atomic mass is 10.0. The summed E-state index contributed by atoms with van der Waals surface area (Å²) in [6.45, 7) is 2.04. The summed E-state index contributed by atoms with van der Waals surface area (Å²) in [6, 6.07) is 13.7. The molecule has 88 valence electrons. The average molecular weight is 236 g/mol. The maximum Gasteiger partial charge on any atom is 0.150 e. The van der Waals surface area contributed by atoms with E-state index in [1.54, 1.807) is 0 Å². The molecule has 0 fully saturated rings. The van der Waals surface area contributed by atoms with Gasteiger partial charge in [-0.25, -0.2) is 0 Å². The normalized spacial score (nSPS) is 10.7. The van der Waals surface area contributed by atoms with Gasteiger partial charge in [-0.1, -0.05) is 42.0 Å². The predicted molar refractivity (Wildman–Crippen MR) is 71.7 cm³/mol. The van der Waals surface area contributed by atoms with Gasteiger partial charge in [0.2, 0.25) is 0 Å². The van der Waals surface area contributed by atoms with E-state index in [-0.39, 0.29) is 0 Å². The summed E-state index contributed by atoms with van der Waals surface area (Å²) < 4.78 is 0. The average Bonchev–Trinajstić information content (AvgIpc) is 2.83. The van der Waals surface area contributed by atoms with Crippen molar-refractivity contribution in [2.24, 2.45) is 0 Å². The van der Waals surface area contributed by atoms with Crippen LogP contribution >= 0.6 is 0 Å². The van der Waals surface area contributed by atoms with Crippen molar-refractivity contribution in [1.29, 1.82) is 0 Å². The number of nitrogens with one attached hydrogen (secondary N) is 1. The Hall–Kier alpha value is -2.42. The number of hydrogen-bond donors (Lipinski definition) is 1. The number of carbonyl (C=O) groups is 1. The van der Waals surface area contributed by atoms with E-state index >= 15 is 0 Å². The first-order chi connectivity index (χ1) is 8.79. The van der Waals surface area contributed by atoms with Gasteiger partial charge in [-0.3, -0.25) is 9.89 Å². The number of benzene rings is 2. The third kappa shape index (κ3) is 1.61. The maximum absolute atomic E-state index is 11.1.